The highest BCUT2D eigenvalue weighted by atomic mass is 32.1. The van der Waals surface area contributed by atoms with Crippen LogP contribution in [0.5, 0.6) is 0 Å². The van der Waals surface area contributed by atoms with Crippen molar-refractivity contribution in [2.75, 3.05) is 24.2 Å². The SMILES string of the molecule is CC(C)(CS)c1cc(NC2CN(C(=O)C3CC3)C2)ncn1. The zero-order valence-corrected chi connectivity index (χ0v) is 13.4. The van der Waals surface area contributed by atoms with E-state index in [1.807, 2.05) is 11.0 Å². The second-order valence-electron chi connectivity index (χ2n) is 6.69. The van der Waals surface area contributed by atoms with Crippen molar-refractivity contribution in [3.8, 4) is 0 Å². The standard InChI is InChI=1S/C15H22N4OS/c1-15(2,8-21)12-5-13(17-9-16-12)18-11-6-19(7-11)14(20)10-3-4-10/h5,9-11,21H,3-4,6-8H2,1-2H3,(H,16,17,18). The Hall–Kier alpha value is -1.30. The number of hydrogen-bond acceptors (Lipinski definition) is 5. The summed E-state index contributed by atoms with van der Waals surface area (Å²) in [6.07, 6.45) is 3.73. The molecule has 5 nitrogen and oxygen atoms in total. The monoisotopic (exact) mass is 306 g/mol. The number of amides is 1. The van der Waals surface area contributed by atoms with Gasteiger partial charge in [-0.3, -0.25) is 4.79 Å². The summed E-state index contributed by atoms with van der Waals surface area (Å²) in [6.45, 7) is 5.80. The third-order valence-electron chi connectivity index (χ3n) is 4.23. The lowest BCUT2D eigenvalue weighted by atomic mass is 9.91. The summed E-state index contributed by atoms with van der Waals surface area (Å²) >= 11 is 4.38. The van der Waals surface area contributed by atoms with Gasteiger partial charge in [-0.15, -0.1) is 0 Å². The first-order valence-corrected chi connectivity index (χ1v) is 8.11. The van der Waals surface area contributed by atoms with Gasteiger partial charge in [0.05, 0.1) is 11.7 Å². The molecule has 1 aliphatic heterocycles. The van der Waals surface area contributed by atoms with E-state index in [1.165, 1.54) is 0 Å². The lowest BCUT2D eigenvalue weighted by Gasteiger charge is -2.40. The van der Waals surface area contributed by atoms with Crippen LogP contribution in [-0.4, -0.2) is 45.7 Å². The lowest BCUT2D eigenvalue weighted by Crippen LogP contribution is -2.57. The molecule has 1 amide bonds. The molecule has 0 spiro atoms. The Morgan fingerprint density at radius 3 is 2.76 bits per heavy atom. The average Bonchev–Trinajstić information content (AvgIpc) is 3.26. The van der Waals surface area contributed by atoms with Gasteiger partial charge < -0.3 is 10.2 Å². The fourth-order valence-corrected chi connectivity index (χ4v) is 2.60. The molecule has 1 aromatic heterocycles. The van der Waals surface area contributed by atoms with Gasteiger partial charge in [-0.25, -0.2) is 9.97 Å². The van der Waals surface area contributed by atoms with Crippen LogP contribution in [-0.2, 0) is 10.2 Å². The van der Waals surface area contributed by atoms with Gasteiger partial charge in [0.25, 0.3) is 0 Å². The van der Waals surface area contributed by atoms with Gasteiger partial charge in [-0.2, -0.15) is 12.6 Å². The normalized spacial score (nSPS) is 19.3. The van der Waals surface area contributed by atoms with Crippen molar-refractivity contribution >= 4 is 24.4 Å². The molecular weight excluding hydrogens is 284 g/mol. The van der Waals surface area contributed by atoms with E-state index in [1.54, 1.807) is 6.33 Å². The van der Waals surface area contributed by atoms with Gasteiger partial charge in [0.1, 0.15) is 12.1 Å². The van der Waals surface area contributed by atoms with Gasteiger partial charge in [0.2, 0.25) is 5.91 Å². The number of aromatic nitrogens is 2. The number of likely N-dealkylation sites (tertiary alicyclic amines) is 1. The summed E-state index contributed by atoms with van der Waals surface area (Å²) in [4.78, 5) is 22.4. The van der Waals surface area contributed by atoms with Crippen molar-refractivity contribution in [3.05, 3.63) is 18.1 Å². The predicted octanol–water partition coefficient (Wildman–Crippen LogP) is 1.72. The number of carbonyl (C=O) groups excluding carboxylic acids is 1. The molecule has 1 aliphatic carbocycles. The molecule has 2 fully saturated rings. The molecule has 2 aliphatic rings. The first kappa shape index (κ1) is 14.6. The minimum absolute atomic E-state index is 0.0733. The quantitative estimate of drug-likeness (QED) is 0.813. The topological polar surface area (TPSA) is 58.1 Å². The van der Waals surface area contributed by atoms with Gasteiger partial charge in [0.15, 0.2) is 0 Å². The van der Waals surface area contributed by atoms with Crippen LogP contribution in [0.25, 0.3) is 0 Å². The maximum absolute atomic E-state index is 11.9. The zero-order chi connectivity index (χ0) is 15.0. The van der Waals surface area contributed by atoms with E-state index in [0.29, 0.717) is 17.9 Å². The van der Waals surface area contributed by atoms with E-state index in [2.05, 4.69) is 41.8 Å². The van der Waals surface area contributed by atoms with Crippen LogP contribution in [0.3, 0.4) is 0 Å². The Morgan fingerprint density at radius 1 is 1.43 bits per heavy atom. The molecule has 0 radical (unpaired) electrons. The zero-order valence-electron chi connectivity index (χ0n) is 12.5. The highest BCUT2D eigenvalue weighted by Gasteiger charge is 2.39. The van der Waals surface area contributed by atoms with Gasteiger partial charge in [-0.05, 0) is 12.8 Å². The van der Waals surface area contributed by atoms with E-state index in [9.17, 15) is 4.79 Å². The molecule has 3 rings (SSSR count). The van der Waals surface area contributed by atoms with E-state index in [0.717, 1.165) is 43.2 Å². The molecule has 6 heteroatoms. The molecule has 21 heavy (non-hydrogen) atoms. The van der Waals surface area contributed by atoms with E-state index >= 15 is 0 Å². The minimum Gasteiger partial charge on any atom is -0.364 e. The van der Waals surface area contributed by atoms with Crippen molar-refractivity contribution < 1.29 is 4.79 Å². The molecule has 114 valence electrons. The molecule has 1 saturated carbocycles. The smallest absolute Gasteiger partial charge is 0.225 e. The first-order valence-electron chi connectivity index (χ1n) is 7.48. The van der Waals surface area contributed by atoms with Crippen molar-refractivity contribution in [1.82, 2.24) is 14.9 Å². The summed E-state index contributed by atoms with van der Waals surface area (Å²) in [5, 5.41) is 3.39. The summed E-state index contributed by atoms with van der Waals surface area (Å²) in [6, 6.07) is 2.29. The summed E-state index contributed by atoms with van der Waals surface area (Å²) in [7, 11) is 0. The van der Waals surface area contributed by atoms with E-state index in [4.69, 9.17) is 0 Å². The molecular formula is C15H22N4OS. The molecule has 1 N–H and O–H groups in total. The number of hydrogen-bond donors (Lipinski definition) is 2. The largest absolute Gasteiger partial charge is 0.364 e. The fraction of sp³-hybridized carbons (Fsp3) is 0.667. The number of anilines is 1. The molecule has 2 heterocycles. The van der Waals surface area contributed by atoms with Crippen LogP contribution in [0.1, 0.15) is 32.4 Å². The maximum Gasteiger partial charge on any atom is 0.225 e. The Morgan fingerprint density at radius 2 is 2.14 bits per heavy atom. The lowest BCUT2D eigenvalue weighted by molar-refractivity contribution is -0.136. The summed E-state index contributed by atoms with van der Waals surface area (Å²) in [5.74, 6) is 2.20. The van der Waals surface area contributed by atoms with E-state index in [-0.39, 0.29) is 5.41 Å². The van der Waals surface area contributed by atoms with Gasteiger partial charge >= 0.3 is 0 Å². The predicted molar refractivity (Wildman–Crippen MR) is 85.6 cm³/mol. The second-order valence-corrected chi connectivity index (χ2v) is 7.01. The molecule has 1 saturated heterocycles. The number of nitrogens with zero attached hydrogens (tertiary/aromatic N) is 3. The molecule has 0 bridgehead atoms. The van der Waals surface area contributed by atoms with Crippen molar-refractivity contribution in [1.29, 1.82) is 0 Å². The van der Waals surface area contributed by atoms with Crippen LogP contribution < -0.4 is 5.32 Å². The molecule has 0 aromatic carbocycles. The third-order valence-corrected chi connectivity index (χ3v) is 5.02. The van der Waals surface area contributed by atoms with Crippen LogP contribution in [0.4, 0.5) is 5.82 Å². The Labute approximate surface area is 130 Å². The van der Waals surface area contributed by atoms with Crippen LogP contribution >= 0.6 is 12.6 Å². The third kappa shape index (κ3) is 3.15. The number of rotatable bonds is 5. The van der Waals surface area contributed by atoms with Crippen molar-refractivity contribution in [2.24, 2.45) is 5.92 Å². The molecule has 0 atom stereocenters. The van der Waals surface area contributed by atoms with Crippen LogP contribution in [0.15, 0.2) is 12.4 Å². The highest BCUT2D eigenvalue weighted by molar-refractivity contribution is 7.80. The summed E-state index contributed by atoms with van der Waals surface area (Å²) < 4.78 is 0. The summed E-state index contributed by atoms with van der Waals surface area (Å²) in [5.41, 5.74) is 0.913. The minimum atomic E-state index is -0.0733. The highest BCUT2D eigenvalue weighted by Crippen LogP contribution is 2.32. The second kappa shape index (κ2) is 5.48. The van der Waals surface area contributed by atoms with Gasteiger partial charge in [-0.1, -0.05) is 13.8 Å². The van der Waals surface area contributed by atoms with Crippen LogP contribution in [0, 0.1) is 5.92 Å². The molecule has 0 unspecified atom stereocenters. The van der Waals surface area contributed by atoms with Crippen molar-refractivity contribution in [2.45, 2.75) is 38.1 Å². The average molecular weight is 306 g/mol. The van der Waals surface area contributed by atoms with Crippen molar-refractivity contribution in [3.63, 3.8) is 0 Å². The van der Waals surface area contributed by atoms with Gasteiger partial charge in [0, 0.05) is 36.2 Å². The van der Waals surface area contributed by atoms with Crippen LogP contribution in [0.2, 0.25) is 0 Å². The number of thiol groups is 1. The fourth-order valence-electron chi connectivity index (χ4n) is 2.43. The molecule has 1 aromatic rings. The Kier molecular flexibility index (Phi) is 3.82. The number of nitrogens with one attached hydrogen (secondary N) is 1. The first-order chi connectivity index (χ1) is 9.99. The van der Waals surface area contributed by atoms with E-state index < -0.39 is 0 Å². The number of carbonyl (C=O) groups is 1. The Balaban J connectivity index is 1.57. The maximum atomic E-state index is 11.9. The Bertz CT molecular complexity index is 538.